The van der Waals surface area contributed by atoms with Crippen molar-refractivity contribution in [3.63, 3.8) is 0 Å². The fourth-order valence-corrected chi connectivity index (χ4v) is 3.34. The first-order valence-corrected chi connectivity index (χ1v) is 7.14. The molecule has 0 saturated carbocycles. The Morgan fingerprint density at radius 2 is 2.06 bits per heavy atom. The van der Waals surface area contributed by atoms with Gasteiger partial charge in [0.15, 0.2) is 0 Å². The maximum atomic E-state index is 5.92. The third-order valence-corrected chi connectivity index (χ3v) is 4.38. The minimum absolute atomic E-state index is 0.484. The van der Waals surface area contributed by atoms with Crippen molar-refractivity contribution < 1.29 is 4.52 Å². The van der Waals surface area contributed by atoms with E-state index in [4.69, 9.17) is 10.3 Å². The smallest absolute Gasteiger partial charge is 0.261 e. The summed E-state index contributed by atoms with van der Waals surface area (Å²) in [6.45, 7) is 4.04. The molecule has 0 unspecified atom stereocenters. The minimum Gasteiger partial charge on any atom is -0.390 e. The van der Waals surface area contributed by atoms with Gasteiger partial charge >= 0.3 is 0 Å². The maximum Gasteiger partial charge on any atom is 0.261 e. The summed E-state index contributed by atoms with van der Waals surface area (Å²) < 4.78 is 5.29. The molecule has 3 aromatic heterocycles. The van der Waals surface area contributed by atoms with Crippen LogP contribution < -0.4 is 5.73 Å². The first-order chi connectivity index (χ1) is 8.65. The molecule has 2 N–H and O–H groups in total. The zero-order chi connectivity index (χ0) is 12.7. The van der Waals surface area contributed by atoms with E-state index in [0.717, 1.165) is 21.6 Å². The number of hydrogen-bond acceptors (Lipinski definition) is 6. The van der Waals surface area contributed by atoms with Crippen LogP contribution in [-0.2, 0) is 0 Å². The van der Waals surface area contributed by atoms with Gasteiger partial charge in [-0.25, -0.2) is 0 Å². The van der Waals surface area contributed by atoms with E-state index in [1.54, 1.807) is 11.3 Å². The van der Waals surface area contributed by atoms with Crippen molar-refractivity contribution in [1.82, 2.24) is 10.1 Å². The van der Waals surface area contributed by atoms with Crippen molar-refractivity contribution in [3.05, 3.63) is 27.3 Å². The predicted molar refractivity (Wildman–Crippen MR) is 74.8 cm³/mol. The van der Waals surface area contributed by atoms with Gasteiger partial charge in [0.1, 0.15) is 0 Å². The molecule has 18 heavy (non-hydrogen) atoms. The van der Waals surface area contributed by atoms with Crippen LogP contribution in [0, 0.1) is 13.8 Å². The average molecular weight is 277 g/mol. The number of nitrogens with two attached hydrogens (primary N) is 1. The molecule has 3 heterocycles. The van der Waals surface area contributed by atoms with Crippen molar-refractivity contribution in [2.45, 2.75) is 13.8 Å². The van der Waals surface area contributed by atoms with Crippen molar-refractivity contribution in [2.75, 3.05) is 5.73 Å². The Kier molecular flexibility index (Phi) is 2.68. The molecule has 0 fully saturated rings. The van der Waals surface area contributed by atoms with E-state index in [0.29, 0.717) is 16.7 Å². The van der Waals surface area contributed by atoms with Crippen molar-refractivity contribution in [2.24, 2.45) is 0 Å². The van der Waals surface area contributed by atoms with Gasteiger partial charge < -0.3 is 10.3 Å². The molecule has 0 saturated heterocycles. The quantitative estimate of drug-likeness (QED) is 0.775. The van der Waals surface area contributed by atoms with Crippen LogP contribution in [0.5, 0.6) is 0 Å². The normalized spacial score (nSPS) is 11.0. The highest BCUT2D eigenvalue weighted by Crippen LogP contribution is 2.34. The lowest BCUT2D eigenvalue weighted by molar-refractivity contribution is 0.432. The molecule has 0 spiro atoms. The van der Waals surface area contributed by atoms with Crippen LogP contribution in [-0.4, -0.2) is 10.1 Å². The van der Waals surface area contributed by atoms with Crippen molar-refractivity contribution in [1.29, 1.82) is 0 Å². The zero-order valence-corrected chi connectivity index (χ0v) is 11.6. The standard InChI is InChI=1S/C12H11N3OS2/c1-6-4-17-5-9(6)11-14-12(16-15-11)8-3-7(2)18-10(8)13/h3-5H,13H2,1-2H3. The number of rotatable bonds is 2. The Morgan fingerprint density at radius 1 is 1.22 bits per heavy atom. The fourth-order valence-electron chi connectivity index (χ4n) is 1.73. The Labute approximate surface area is 112 Å². The van der Waals surface area contributed by atoms with Crippen LogP contribution in [0.2, 0.25) is 0 Å². The van der Waals surface area contributed by atoms with Gasteiger partial charge in [0, 0.05) is 15.8 Å². The molecule has 0 aromatic carbocycles. The fraction of sp³-hybridized carbons (Fsp3) is 0.167. The van der Waals surface area contributed by atoms with Crippen LogP contribution in [0.1, 0.15) is 10.4 Å². The third kappa shape index (κ3) is 1.83. The number of nitrogen functional groups attached to an aromatic ring is 1. The largest absolute Gasteiger partial charge is 0.390 e. The van der Waals surface area contributed by atoms with Gasteiger partial charge in [-0.05, 0) is 30.9 Å². The van der Waals surface area contributed by atoms with Gasteiger partial charge in [-0.15, -0.1) is 11.3 Å². The molecule has 0 radical (unpaired) electrons. The summed E-state index contributed by atoms with van der Waals surface area (Å²) >= 11 is 3.16. The molecule has 4 nitrogen and oxygen atoms in total. The van der Waals surface area contributed by atoms with E-state index in [1.807, 2.05) is 25.3 Å². The van der Waals surface area contributed by atoms with Gasteiger partial charge in [-0.1, -0.05) is 5.16 Å². The number of aromatic nitrogens is 2. The summed E-state index contributed by atoms with van der Waals surface area (Å²) in [5, 5.41) is 8.81. The second-order valence-electron chi connectivity index (χ2n) is 4.03. The molecule has 3 rings (SSSR count). The highest BCUT2D eigenvalue weighted by atomic mass is 32.1. The topological polar surface area (TPSA) is 64.9 Å². The van der Waals surface area contributed by atoms with E-state index < -0.39 is 0 Å². The molecule has 0 aliphatic heterocycles. The summed E-state index contributed by atoms with van der Waals surface area (Å²) in [6.07, 6.45) is 0. The third-order valence-electron chi connectivity index (χ3n) is 2.64. The lowest BCUT2D eigenvalue weighted by Crippen LogP contribution is -1.84. The van der Waals surface area contributed by atoms with Crippen LogP contribution in [0.15, 0.2) is 21.3 Å². The van der Waals surface area contributed by atoms with E-state index in [9.17, 15) is 0 Å². The van der Waals surface area contributed by atoms with E-state index >= 15 is 0 Å². The summed E-state index contributed by atoms with van der Waals surface area (Å²) in [5.41, 5.74) is 8.92. The molecular weight excluding hydrogens is 266 g/mol. The summed E-state index contributed by atoms with van der Waals surface area (Å²) in [4.78, 5) is 5.55. The predicted octanol–water partition coefficient (Wildman–Crippen LogP) is 3.73. The van der Waals surface area contributed by atoms with Crippen LogP contribution >= 0.6 is 22.7 Å². The Bertz CT molecular complexity index is 696. The van der Waals surface area contributed by atoms with Gasteiger partial charge in [-0.3, -0.25) is 0 Å². The Morgan fingerprint density at radius 3 is 2.67 bits per heavy atom. The molecule has 92 valence electrons. The second-order valence-corrected chi connectivity index (χ2v) is 6.06. The molecule has 0 aliphatic carbocycles. The molecule has 0 amide bonds. The molecule has 0 bridgehead atoms. The highest BCUT2D eigenvalue weighted by molar-refractivity contribution is 7.16. The van der Waals surface area contributed by atoms with E-state index in [2.05, 4.69) is 15.5 Å². The molecule has 0 aliphatic rings. The molecule has 0 atom stereocenters. The summed E-state index contributed by atoms with van der Waals surface area (Å²) in [7, 11) is 0. The van der Waals surface area contributed by atoms with E-state index in [-0.39, 0.29) is 0 Å². The van der Waals surface area contributed by atoms with Crippen LogP contribution in [0.25, 0.3) is 22.8 Å². The number of nitrogens with zero attached hydrogens (tertiary/aromatic N) is 2. The first kappa shape index (κ1) is 11.4. The first-order valence-electron chi connectivity index (χ1n) is 5.38. The zero-order valence-electron chi connectivity index (χ0n) is 9.93. The van der Waals surface area contributed by atoms with Crippen LogP contribution in [0.4, 0.5) is 5.00 Å². The monoisotopic (exact) mass is 277 g/mol. The van der Waals surface area contributed by atoms with E-state index in [1.165, 1.54) is 11.3 Å². The Balaban J connectivity index is 2.05. The molecule has 3 aromatic rings. The lowest BCUT2D eigenvalue weighted by atomic mass is 10.2. The minimum atomic E-state index is 0.484. The average Bonchev–Trinajstić information content (AvgIpc) is 2.98. The highest BCUT2D eigenvalue weighted by Gasteiger charge is 2.16. The molecular formula is C12H11N3OS2. The lowest BCUT2D eigenvalue weighted by Gasteiger charge is -1.90. The summed E-state index contributed by atoms with van der Waals surface area (Å²) in [6, 6.07) is 1.97. The number of thiophene rings is 2. The second kappa shape index (κ2) is 4.22. The van der Waals surface area contributed by atoms with Gasteiger partial charge in [0.05, 0.1) is 10.6 Å². The number of aryl methyl sites for hydroxylation is 2. The number of anilines is 1. The van der Waals surface area contributed by atoms with Gasteiger partial charge in [0.25, 0.3) is 5.89 Å². The SMILES string of the molecule is Cc1cc(-c2nc(-c3cscc3C)no2)c(N)s1. The molecule has 6 heteroatoms. The number of hydrogen-bond donors (Lipinski definition) is 1. The maximum absolute atomic E-state index is 5.92. The Hall–Kier alpha value is -1.66. The van der Waals surface area contributed by atoms with Crippen molar-refractivity contribution in [3.8, 4) is 22.8 Å². The summed E-state index contributed by atoms with van der Waals surface area (Å²) in [5.74, 6) is 1.10. The van der Waals surface area contributed by atoms with Crippen molar-refractivity contribution >= 4 is 27.7 Å². The van der Waals surface area contributed by atoms with Gasteiger partial charge in [0.2, 0.25) is 5.82 Å². The van der Waals surface area contributed by atoms with Crippen LogP contribution in [0.3, 0.4) is 0 Å². The van der Waals surface area contributed by atoms with Gasteiger partial charge in [-0.2, -0.15) is 16.3 Å².